The van der Waals surface area contributed by atoms with E-state index in [2.05, 4.69) is 20.9 Å². The first-order chi connectivity index (χ1) is 20.8. The number of hydrogen-bond donors (Lipinski definition) is 3. The van der Waals surface area contributed by atoms with Gasteiger partial charge in [0.1, 0.15) is 5.70 Å². The molecule has 1 heterocycles. The van der Waals surface area contributed by atoms with Crippen molar-refractivity contribution in [2.75, 3.05) is 17.2 Å². The number of benzene rings is 3. The summed E-state index contributed by atoms with van der Waals surface area (Å²) in [4.78, 5) is 55.7. The van der Waals surface area contributed by atoms with E-state index in [4.69, 9.17) is 4.74 Å². The number of carbonyl (C=O) groups is 4. The summed E-state index contributed by atoms with van der Waals surface area (Å²) in [5.41, 5.74) is 2.28. The Morgan fingerprint density at radius 3 is 2.40 bits per heavy atom. The van der Waals surface area contributed by atoms with Crippen molar-refractivity contribution in [3.8, 4) is 0 Å². The van der Waals surface area contributed by atoms with Crippen LogP contribution < -0.4 is 16.0 Å². The molecule has 0 saturated heterocycles. The van der Waals surface area contributed by atoms with Crippen molar-refractivity contribution in [2.45, 2.75) is 30.4 Å². The summed E-state index contributed by atoms with van der Waals surface area (Å²) in [6, 6.07) is 25.0. The minimum absolute atomic E-state index is 0.0429. The number of thioether (sulfide) groups is 1. The van der Waals surface area contributed by atoms with Crippen LogP contribution >= 0.6 is 23.1 Å². The number of carbonyl (C=O) groups excluding carboxylic acids is 4. The Balaban J connectivity index is 1.40. The SMILES string of the molecule is CCOC(=O)Cc1csc(NC(=O)C(C)Sc2cccc(NC(=O)/C(=C/c3ccccc3)NC(=O)c3ccccc3)c2)n1. The van der Waals surface area contributed by atoms with Crippen LogP contribution in [0.2, 0.25) is 0 Å². The maximum Gasteiger partial charge on any atom is 0.311 e. The Kier molecular flexibility index (Phi) is 11.2. The highest BCUT2D eigenvalue weighted by atomic mass is 32.2. The van der Waals surface area contributed by atoms with E-state index in [0.717, 1.165) is 10.5 Å². The summed E-state index contributed by atoms with van der Waals surface area (Å²) < 4.78 is 4.94. The number of esters is 1. The maximum absolute atomic E-state index is 13.3. The average molecular weight is 615 g/mol. The lowest BCUT2D eigenvalue weighted by Crippen LogP contribution is -2.30. The third-order valence-electron chi connectivity index (χ3n) is 5.83. The van der Waals surface area contributed by atoms with Crippen LogP contribution in [0.1, 0.15) is 35.5 Å². The van der Waals surface area contributed by atoms with Crippen LogP contribution in [0.25, 0.3) is 6.08 Å². The van der Waals surface area contributed by atoms with Crippen LogP contribution in [0, 0.1) is 0 Å². The zero-order chi connectivity index (χ0) is 30.6. The largest absolute Gasteiger partial charge is 0.466 e. The van der Waals surface area contributed by atoms with Crippen LogP contribution in [0.4, 0.5) is 10.8 Å². The van der Waals surface area contributed by atoms with Gasteiger partial charge in [0.05, 0.1) is 24.0 Å². The zero-order valence-electron chi connectivity index (χ0n) is 23.5. The van der Waals surface area contributed by atoms with E-state index in [1.54, 1.807) is 67.8 Å². The highest BCUT2D eigenvalue weighted by Crippen LogP contribution is 2.27. The van der Waals surface area contributed by atoms with Gasteiger partial charge in [-0.15, -0.1) is 23.1 Å². The normalized spacial score (nSPS) is 11.7. The van der Waals surface area contributed by atoms with E-state index < -0.39 is 17.1 Å². The Labute approximate surface area is 257 Å². The first-order valence-corrected chi connectivity index (χ1v) is 15.2. The van der Waals surface area contributed by atoms with E-state index in [0.29, 0.717) is 28.7 Å². The van der Waals surface area contributed by atoms with Crippen molar-refractivity contribution in [3.63, 3.8) is 0 Å². The quantitative estimate of drug-likeness (QED) is 0.105. The molecule has 4 rings (SSSR count). The molecule has 1 atom stereocenters. The highest BCUT2D eigenvalue weighted by molar-refractivity contribution is 8.00. The van der Waals surface area contributed by atoms with Crippen LogP contribution in [0.3, 0.4) is 0 Å². The van der Waals surface area contributed by atoms with E-state index >= 15 is 0 Å². The molecule has 0 spiro atoms. The second kappa shape index (κ2) is 15.5. The number of amides is 3. The van der Waals surface area contributed by atoms with Gasteiger partial charge in [-0.05, 0) is 55.8 Å². The van der Waals surface area contributed by atoms with Gasteiger partial charge in [-0.2, -0.15) is 0 Å². The van der Waals surface area contributed by atoms with Crippen molar-refractivity contribution >= 4 is 63.7 Å². The van der Waals surface area contributed by atoms with E-state index in [1.165, 1.54) is 23.1 Å². The third-order valence-corrected chi connectivity index (χ3v) is 7.73. The predicted octanol–water partition coefficient (Wildman–Crippen LogP) is 5.78. The predicted molar refractivity (Wildman–Crippen MR) is 170 cm³/mol. The van der Waals surface area contributed by atoms with Crippen LogP contribution in [-0.4, -0.2) is 40.5 Å². The first kappa shape index (κ1) is 31.2. The summed E-state index contributed by atoms with van der Waals surface area (Å²) in [5.74, 6) is -1.53. The molecule has 0 radical (unpaired) electrons. The molecule has 220 valence electrons. The fourth-order valence-corrected chi connectivity index (χ4v) is 5.41. The second-order valence-electron chi connectivity index (χ2n) is 9.15. The molecule has 9 nitrogen and oxygen atoms in total. The van der Waals surface area contributed by atoms with E-state index in [-0.39, 0.29) is 24.0 Å². The van der Waals surface area contributed by atoms with Gasteiger partial charge in [-0.1, -0.05) is 54.6 Å². The summed E-state index contributed by atoms with van der Waals surface area (Å²) in [7, 11) is 0. The molecular weight excluding hydrogens is 585 g/mol. The molecule has 11 heteroatoms. The average Bonchev–Trinajstić information content (AvgIpc) is 3.44. The molecule has 0 aliphatic carbocycles. The molecule has 0 aliphatic heterocycles. The molecule has 0 saturated carbocycles. The molecular formula is C32H30N4O5S2. The minimum atomic E-state index is -0.497. The van der Waals surface area contributed by atoms with E-state index in [9.17, 15) is 19.2 Å². The molecule has 0 aliphatic rings. The lowest BCUT2D eigenvalue weighted by Gasteiger charge is -2.13. The van der Waals surface area contributed by atoms with Crippen LogP contribution in [0.15, 0.2) is 101 Å². The van der Waals surface area contributed by atoms with Gasteiger partial charge in [0, 0.05) is 21.5 Å². The Morgan fingerprint density at radius 2 is 1.67 bits per heavy atom. The second-order valence-corrected chi connectivity index (χ2v) is 11.4. The van der Waals surface area contributed by atoms with Crippen LogP contribution in [0.5, 0.6) is 0 Å². The molecule has 4 aromatic rings. The Hall–Kier alpha value is -4.74. The summed E-state index contributed by atoms with van der Waals surface area (Å²) in [6.45, 7) is 3.79. The fraction of sp³-hybridized carbons (Fsp3) is 0.156. The Morgan fingerprint density at radius 1 is 0.953 bits per heavy atom. The fourth-order valence-electron chi connectivity index (χ4n) is 3.77. The van der Waals surface area contributed by atoms with Crippen molar-refractivity contribution in [1.29, 1.82) is 0 Å². The van der Waals surface area contributed by atoms with Gasteiger partial charge in [-0.3, -0.25) is 19.2 Å². The number of anilines is 2. The van der Waals surface area contributed by atoms with Crippen molar-refractivity contribution in [3.05, 3.63) is 113 Å². The van der Waals surface area contributed by atoms with Crippen molar-refractivity contribution in [2.24, 2.45) is 0 Å². The van der Waals surface area contributed by atoms with Gasteiger partial charge < -0.3 is 20.7 Å². The number of aromatic nitrogens is 1. The summed E-state index contributed by atoms with van der Waals surface area (Å²) in [5, 5.41) is 9.98. The van der Waals surface area contributed by atoms with E-state index in [1.807, 2.05) is 42.5 Å². The maximum atomic E-state index is 13.3. The van der Waals surface area contributed by atoms with Crippen molar-refractivity contribution < 1.29 is 23.9 Å². The smallest absolute Gasteiger partial charge is 0.311 e. The standard InChI is InChI=1S/C32H30N4O5S2/c1-3-41-28(37)19-25-20-42-32(34-25)36-29(38)21(2)43-26-16-10-15-24(18-26)33-31(40)27(17-22-11-6-4-7-12-22)35-30(39)23-13-8-5-9-14-23/h4-18,20-21H,3,19H2,1-2H3,(H,33,40)(H,35,39)(H,34,36,38)/b27-17-. The molecule has 3 N–H and O–H groups in total. The zero-order valence-corrected chi connectivity index (χ0v) is 25.2. The molecule has 1 unspecified atom stereocenters. The molecule has 3 amide bonds. The molecule has 1 aromatic heterocycles. The number of nitrogens with zero attached hydrogens (tertiary/aromatic N) is 1. The molecule has 0 bridgehead atoms. The third kappa shape index (κ3) is 9.66. The molecule has 43 heavy (non-hydrogen) atoms. The first-order valence-electron chi connectivity index (χ1n) is 13.4. The number of thiazole rings is 1. The summed E-state index contributed by atoms with van der Waals surface area (Å²) in [6.07, 6.45) is 1.65. The number of rotatable bonds is 12. The number of ether oxygens (including phenoxy) is 1. The van der Waals surface area contributed by atoms with Gasteiger partial charge >= 0.3 is 5.97 Å². The molecule has 0 fully saturated rings. The summed E-state index contributed by atoms with van der Waals surface area (Å²) >= 11 is 2.54. The number of hydrogen-bond acceptors (Lipinski definition) is 8. The Bertz CT molecular complexity index is 1610. The highest BCUT2D eigenvalue weighted by Gasteiger charge is 2.19. The van der Waals surface area contributed by atoms with Gasteiger partial charge in [-0.25, -0.2) is 4.98 Å². The van der Waals surface area contributed by atoms with Gasteiger partial charge in [0.15, 0.2) is 5.13 Å². The minimum Gasteiger partial charge on any atom is -0.466 e. The van der Waals surface area contributed by atoms with Crippen molar-refractivity contribution in [1.82, 2.24) is 10.3 Å². The lowest BCUT2D eigenvalue weighted by atomic mass is 10.1. The molecule has 3 aromatic carbocycles. The monoisotopic (exact) mass is 614 g/mol. The topological polar surface area (TPSA) is 126 Å². The van der Waals surface area contributed by atoms with Gasteiger partial charge in [0.25, 0.3) is 11.8 Å². The van der Waals surface area contributed by atoms with Crippen LogP contribution in [-0.2, 0) is 25.5 Å². The number of nitrogens with one attached hydrogen (secondary N) is 3. The van der Waals surface area contributed by atoms with Gasteiger partial charge in [0.2, 0.25) is 5.91 Å². The lowest BCUT2D eigenvalue weighted by molar-refractivity contribution is -0.142.